The van der Waals surface area contributed by atoms with Gasteiger partial charge >= 0.3 is 0 Å². The fraction of sp³-hybridized carbons (Fsp3) is 0.333. The Bertz CT molecular complexity index is 822. The number of hydrogen-bond acceptors (Lipinski definition) is 6. The van der Waals surface area contributed by atoms with Crippen LogP contribution in [0.1, 0.15) is 21.7 Å². The Morgan fingerprint density at radius 1 is 1.20 bits per heavy atom. The molecule has 0 aliphatic carbocycles. The van der Waals surface area contributed by atoms with Gasteiger partial charge < -0.3 is 14.5 Å². The van der Waals surface area contributed by atoms with Gasteiger partial charge in [0.05, 0.1) is 18.7 Å². The molecule has 128 valence electrons. The van der Waals surface area contributed by atoms with Crippen molar-refractivity contribution in [3.63, 3.8) is 0 Å². The van der Waals surface area contributed by atoms with E-state index >= 15 is 0 Å². The number of benzene rings is 1. The summed E-state index contributed by atoms with van der Waals surface area (Å²) in [5, 5.41) is 8.98. The van der Waals surface area contributed by atoms with Gasteiger partial charge in [-0.15, -0.1) is 0 Å². The lowest BCUT2D eigenvalue weighted by atomic mass is 10.1. The first-order valence-corrected chi connectivity index (χ1v) is 8.05. The summed E-state index contributed by atoms with van der Waals surface area (Å²) in [5.74, 6) is 1.95. The van der Waals surface area contributed by atoms with Crippen molar-refractivity contribution in [1.29, 1.82) is 5.26 Å². The number of aromatic nitrogens is 2. The molecule has 3 rings (SSSR count). The lowest BCUT2D eigenvalue weighted by molar-refractivity contribution is 0.0746. The zero-order chi connectivity index (χ0) is 17.8. The molecule has 1 aromatic carbocycles. The van der Waals surface area contributed by atoms with Gasteiger partial charge in [-0.25, -0.2) is 4.98 Å². The Morgan fingerprint density at radius 3 is 2.64 bits per heavy atom. The Kier molecular flexibility index (Phi) is 4.80. The molecule has 7 nitrogen and oxygen atoms in total. The molecule has 1 saturated heterocycles. The molecule has 0 atom stereocenters. The number of ether oxygens (including phenoxy) is 1. The van der Waals surface area contributed by atoms with E-state index in [1.165, 1.54) is 0 Å². The summed E-state index contributed by atoms with van der Waals surface area (Å²) in [5.41, 5.74) is 1.04. The van der Waals surface area contributed by atoms with Crippen LogP contribution in [0.5, 0.6) is 5.88 Å². The van der Waals surface area contributed by atoms with Gasteiger partial charge in [0.15, 0.2) is 0 Å². The highest BCUT2D eigenvalue weighted by molar-refractivity contribution is 5.94. The first-order chi connectivity index (χ1) is 12.1. The smallest absolute Gasteiger partial charge is 0.254 e. The Balaban J connectivity index is 1.68. The van der Waals surface area contributed by atoms with Gasteiger partial charge in [-0.2, -0.15) is 10.2 Å². The van der Waals surface area contributed by atoms with Crippen molar-refractivity contribution in [1.82, 2.24) is 14.9 Å². The van der Waals surface area contributed by atoms with Crippen molar-refractivity contribution in [2.75, 3.05) is 38.2 Å². The topological polar surface area (TPSA) is 82.4 Å². The summed E-state index contributed by atoms with van der Waals surface area (Å²) in [6.07, 6.45) is 0. The van der Waals surface area contributed by atoms with E-state index < -0.39 is 0 Å². The molecular formula is C18H19N5O2. The highest BCUT2D eigenvalue weighted by atomic mass is 16.5. The van der Waals surface area contributed by atoms with Crippen molar-refractivity contribution < 1.29 is 9.53 Å². The predicted molar refractivity (Wildman–Crippen MR) is 92.6 cm³/mol. The zero-order valence-corrected chi connectivity index (χ0v) is 14.3. The van der Waals surface area contributed by atoms with Crippen LogP contribution in [0.4, 0.5) is 5.82 Å². The van der Waals surface area contributed by atoms with Crippen LogP contribution in [0.2, 0.25) is 0 Å². The number of rotatable bonds is 3. The molecule has 25 heavy (non-hydrogen) atoms. The normalized spacial score (nSPS) is 14.1. The van der Waals surface area contributed by atoms with E-state index in [0.717, 1.165) is 5.82 Å². The molecule has 1 aliphatic heterocycles. The maximum atomic E-state index is 12.6. The molecule has 7 heteroatoms. The number of aryl methyl sites for hydroxylation is 1. The van der Waals surface area contributed by atoms with Crippen LogP contribution in [0.25, 0.3) is 0 Å². The molecule has 1 aliphatic rings. The molecule has 0 N–H and O–H groups in total. The summed E-state index contributed by atoms with van der Waals surface area (Å²) >= 11 is 0. The fourth-order valence-electron chi connectivity index (χ4n) is 2.83. The molecule has 2 aromatic rings. The van der Waals surface area contributed by atoms with Crippen LogP contribution < -0.4 is 9.64 Å². The van der Waals surface area contributed by atoms with Gasteiger partial charge in [0.1, 0.15) is 11.6 Å². The van der Waals surface area contributed by atoms with Gasteiger partial charge in [0.2, 0.25) is 5.88 Å². The lowest BCUT2D eigenvalue weighted by Gasteiger charge is -2.35. The van der Waals surface area contributed by atoms with Crippen LogP contribution in [-0.4, -0.2) is 54.1 Å². The minimum absolute atomic E-state index is 0.0480. The maximum absolute atomic E-state index is 12.6. The zero-order valence-electron chi connectivity index (χ0n) is 14.3. The fourth-order valence-corrected chi connectivity index (χ4v) is 2.83. The maximum Gasteiger partial charge on any atom is 0.254 e. The quantitative estimate of drug-likeness (QED) is 0.846. The monoisotopic (exact) mass is 337 g/mol. The Morgan fingerprint density at radius 2 is 1.96 bits per heavy atom. The summed E-state index contributed by atoms with van der Waals surface area (Å²) in [7, 11) is 1.58. The van der Waals surface area contributed by atoms with Crippen molar-refractivity contribution in [2.45, 2.75) is 6.92 Å². The summed E-state index contributed by atoms with van der Waals surface area (Å²) in [6.45, 7) is 4.39. The third-order valence-corrected chi connectivity index (χ3v) is 4.14. The number of piperazine rings is 1. The number of amides is 1. The number of carbonyl (C=O) groups is 1. The molecule has 0 saturated carbocycles. The number of carbonyl (C=O) groups excluding carboxylic acids is 1. The molecule has 1 fully saturated rings. The number of nitrogens with zero attached hydrogens (tertiary/aromatic N) is 5. The van der Waals surface area contributed by atoms with Crippen molar-refractivity contribution in [2.24, 2.45) is 0 Å². The second kappa shape index (κ2) is 7.18. The number of nitriles is 1. The standard InChI is InChI=1S/C18H19N5O2/c1-13-20-16(11-17(21-13)25-2)22-6-8-23(9-7-22)18(24)15-5-3-4-14(10-15)12-19/h3-5,10-11H,6-9H2,1-2H3. The first-order valence-electron chi connectivity index (χ1n) is 8.05. The molecule has 0 unspecified atom stereocenters. The van der Waals surface area contributed by atoms with E-state index in [4.69, 9.17) is 10.00 Å². The SMILES string of the molecule is COc1cc(N2CCN(C(=O)c3cccc(C#N)c3)CC2)nc(C)n1. The Labute approximate surface area is 146 Å². The van der Waals surface area contributed by atoms with E-state index in [0.29, 0.717) is 49.0 Å². The van der Waals surface area contributed by atoms with E-state index in [2.05, 4.69) is 20.9 Å². The first kappa shape index (κ1) is 16.7. The van der Waals surface area contributed by atoms with Crippen LogP contribution in [0.15, 0.2) is 30.3 Å². The van der Waals surface area contributed by atoms with Gasteiger partial charge in [0, 0.05) is 37.8 Å². The molecule has 1 amide bonds. The van der Waals surface area contributed by atoms with E-state index in [-0.39, 0.29) is 5.91 Å². The molecule has 0 radical (unpaired) electrons. The molecule has 2 heterocycles. The largest absolute Gasteiger partial charge is 0.481 e. The third-order valence-electron chi connectivity index (χ3n) is 4.14. The minimum Gasteiger partial charge on any atom is -0.481 e. The summed E-state index contributed by atoms with van der Waals surface area (Å²) in [4.78, 5) is 25.2. The summed E-state index contributed by atoms with van der Waals surface area (Å²) in [6, 6.07) is 10.7. The van der Waals surface area contributed by atoms with Gasteiger partial charge in [0.25, 0.3) is 5.91 Å². The van der Waals surface area contributed by atoms with E-state index in [9.17, 15) is 4.79 Å². The molecule has 0 spiro atoms. The second-order valence-electron chi connectivity index (χ2n) is 5.79. The second-order valence-corrected chi connectivity index (χ2v) is 5.79. The lowest BCUT2D eigenvalue weighted by Crippen LogP contribution is -2.49. The Hall–Kier alpha value is -3.14. The van der Waals surface area contributed by atoms with Crippen LogP contribution >= 0.6 is 0 Å². The van der Waals surface area contributed by atoms with Crippen LogP contribution in [0.3, 0.4) is 0 Å². The van der Waals surface area contributed by atoms with Crippen LogP contribution in [0, 0.1) is 18.3 Å². The third kappa shape index (κ3) is 3.69. The van der Waals surface area contributed by atoms with Crippen molar-refractivity contribution in [3.8, 4) is 11.9 Å². The predicted octanol–water partition coefficient (Wildman–Crippen LogP) is 1.63. The number of methoxy groups -OCH3 is 1. The highest BCUT2D eigenvalue weighted by Crippen LogP contribution is 2.19. The summed E-state index contributed by atoms with van der Waals surface area (Å²) < 4.78 is 5.20. The highest BCUT2D eigenvalue weighted by Gasteiger charge is 2.23. The van der Waals surface area contributed by atoms with Crippen LogP contribution in [-0.2, 0) is 0 Å². The van der Waals surface area contributed by atoms with Gasteiger partial charge in [-0.1, -0.05) is 6.07 Å². The van der Waals surface area contributed by atoms with E-state index in [1.54, 1.807) is 42.3 Å². The molecule has 0 bridgehead atoms. The van der Waals surface area contributed by atoms with Gasteiger partial charge in [-0.05, 0) is 25.1 Å². The number of hydrogen-bond donors (Lipinski definition) is 0. The number of anilines is 1. The average molecular weight is 337 g/mol. The van der Waals surface area contributed by atoms with E-state index in [1.807, 2.05) is 6.92 Å². The van der Waals surface area contributed by atoms with Crippen molar-refractivity contribution in [3.05, 3.63) is 47.3 Å². The van der Waals surface area contributed by atoms with Crippen molar-refractivity contribution >= 4 is 11.7 Å². The molecule has 1 aromatic heterocycles. The average Bonchev–Trinajstić information content (AvgIpc) is 2.67. The van der Waals surface area contributed by atoms with Gasteiger partial charge in [-0.3, -0.25) is 4.79 Å². The molecular weight excluding hydrogens is 318 g/mol. The minimum atomic E-state index is -0.0480.